The maximum absolute atomic E-state index is 11.9. The van der Waals surface area contributed by atoms with Crippen LogP contribution in [-0.2, 0) is 9.59 Å². The van der Waals surface area contributed by atoms with E-state index in [9.17, 15) is 14.7 Å². The molecule has 0 saturated carbocycles. The zero-order chi connectivity index (χ0) is 18.2. The maximum atomic E-state index is 11.9. The third-order valence-electron chi connectivity index (χ3n) is 3.47. The summed E-state index contributed by atoms with van der Waals surface area (Å²) < 4.78 is 0. The molecule has 132 valence electrons. The summed E-state index contributed by atoms with van der Waals surface area (Å²) in [6.45, 7) is 0.171. The fourth-order valence-corrected chi connectivity index (χ4v) is 2.83. The van der Waals surface area contributed by atoms with Crippen LogP contribution in [0.15, 0.2) is 53.4 Å². The molecule has 0 aliphatic heterocycles. The summed E-state index contributed by atoms with van der Waals surface area (Å²) in [7, 11) is 0. The van der Waals surface area contributed by atoms with Gasteiger partial charge in [0.2, 0.25) is 0 Å². The number of amides is 2. The Bertz CT molecular complexity index is 755. The molecule has 2 aromatic rings. The summed E-state index contributed by atoms with van der Waals surface area (Å²) in [6.07, 6.45) is 1.44. The molecule has 0 aliphatic carbocycles. The summed E-state index contributed by atoms with van der Waals surface area (Å²) in [5.41, 5.74) is 1.23. The fraction of sp³-hybridized carbons (Fsp3) is 0.222. The topological polar surface area (TPSA) is 78.4 Å². The Morgan fingerprint density at radius 1 is 1.16 bits per heavy atom. The van der Waals surface area contributed by atoms with Crippen molar-refractivity contribution >= 4 is 40.9 Å². The van der Waals surface area contributed by atoms with E-state index in [0.29, 0.717) is 16.3 Å². The van der Waals surface area contributed by atoms with Gasteiger partial charge in [0.1, 0.15) is 0 Å². The van der Waals surface area contributed by atoms with Crippen molar-refractivity contribution in [2.24, 2.45) is 0 Å². The van der Waals surface area contributed by atoms with Crippen LogP contribution in [0.3, 0.4) is 0 Å². The minimum absolute atomic E-state index is 0.171. The van der Waals surface area contributed by atoms with Gasteiger partial charge in [0, 0.05) is 22.2 Å². The molecule has 2 rings (SSSR count). The number of carbonyl (C=O) groups excluding carboxylic acids is 2. The molecule has 0 aromatic heterocycles. The summed E-state index contributed by atoms with van der Waals surface area (Å²) in [5, 5.41) is 15.7. The van der Waals surface area contributed by atoms with E-state index in [2.05, 4.69) is 10.6 Å². The van der Waals surface area contributed by atoms with Gasteiger partial charge in [0.25, 0.3) is 0 Å². The predicted octanol–water partition coefficient (Wildman–Crippen LogP) is 3.24. The van der Waals surface area contributed by atoms with Gasteiger partial charge in [-0.1, -0.05) is 29.8 Å². The SMILES string of the molecule is CSc1cccc(NC(=O)C(=O)NCC[C@H](O)c2cccc(Cl)c2)c1. The summed E-state index contributed by atoms with van der Waals surface area (Å²) in [5.74, 6) is -1.48. The molecule has 0 heterocycles. The van der Waals surface area contributed by atoms with Gasteiger partial charge in [-0.3, -0.25) is 9.59 Å². The van der Waals surface area contributed by atoms with Gasteiger partial charge in [-0.05, 0) is 48.6 Å². The number of benzene rings is 2. The van der Waals surface area contributed by atoms with Crippen LogP contribution in [0.5, 0.6) is 0 Å². The molecule has 0 spiro atoms. The Morgan fingerprint density at radius 2 is 1.92 bits per heavy atom. The van der Waals surface area contributed by atoms with Gasteiger partial charge in [-0.15, -0.1) is 11.8 Å². The smallest absolute Gasteiger partial charge is 0.313 e. The molecule has 25 heavy (non-hydrogen) atoms. The zero-order valence-corrected chi connectivity index (χ0v) is 15.2. The van der Waals surface area contributed by atoms with E-state index in [1.165, 1.54) is 0 Å². The molecule has 0 fully saturated rings. The molecule has 1 atom stereocenters. The standard InChI is InChI=1S/C18H19ClN2O3S/c1-25-15-7-3-6-14(11-15)21-18(24)17(23)20-9-8-16(22)12-4-2-5-13(19)10-12/h2-7,10-11,16,22H,8-9H2,1H3,(H,20,23)(H,21,24)/t16-/m0/s1. The molecule has 0 unspecified atom stereocenters. The van der Waals surface area contributed by atoms with Crippen LogP contribution in [0.2, 0.25) is 5.02 Å². The molecule has 0 radical (unpaired) electrons. The number of hydrogen-bond donors (Lipinski definition) is 3. The molecule has 0 saturated heterocycles. The summed E-state index contributed by atoms with van der Waals surface area (Å²) in [4.78, 5) is 24.7. The fourth-order valence-electron chi connectivity index (χ4n) is 2.17. The number of carbonyl (C=O) groups is 2. The first kappa shape index (κ1) is 19.3. The van der Waals surface area contributed by atoms with Crippen molar-refractivity contribution < 1.29 is 14.7 Å². The van der Waals surface area contributed by atoms with Gasteiger partial charge >= 0.3 is 11.8 Å². The van der Waals surface area contributed by atoms with Gasteiger partial charge in [0.05, 0.1) is 6.10 Å². The first-order chi connectivity index (χ1) is 12.0. The first-order valence-corrected chi connectivity index (χ1v) is 9.26. The Balaban J connectivity index is 1.80. The van der Waals surface area contributed by atoms with Crippen molar-refractivity contribution in [2.75, 3.05) is 18.1 Å². The van der Waals surface area contributed by atoms with Crippen molar-refractivity contribution in [1.29, 1.82) is 0 Å². The van der Waals surface area contributed by atoms with Crippen LogP contribution in [0.4, 0.5) is 5.69 Å². The third kappa shape index (κ3) is 6.08. The van der Waals surface area contributed by atoms with Crippen LogP contribution in [0.25, 0.3) is 0 Å². The molecule has 7 heteroatoms. The molecule has 5 nitrogen and oxygen atoms in total. The van der Waals surface area contributed by atoms with Crippen LogP contribution >= 0.6 is 23.4 Å². The number of rotatable bonds is 6. The molecule has 2 amide bonds. The van der Waals surface area contributed by atoms with Crippen LogP contribution in [-0.4, -0.2) is 29.7 Å². The lowest BCUT2D eigenvalue weighted by atomic mass is 10.1. The highest BCUT2D eigenvalue weighted by molar-refractivity contribution is 7.98. The van der Waals surface area contributed by atoms with Gasteiger partial charge < -0.3 is 15.7 Å². The van der Waals surface area contributed by atoms with E-state index >= 15 is 0 Å². The van der Waals surface area contributed by atoms with Crippen molar-refractivity contribution in [3.8, 4) is 0 Å². The van der Waals surface area contributed by atoms with Crippen molar-refractivity contribution in [2.45, 2.75) is 17.4 Å². The van der Waals surface area contributed by atoms with E-state index in [-0.39, 0.29) is 13.0 Å². The predicted molar refractivity (Wildman–Crippen MR) is 101 cm³/mol. The molecular weight excluding hydrogens is 360 g/mol. The van der Waals surface area contributed by atoms with E-state index < -0.39 is 17.9 Å². The molecular formula is C18H19ClN2O3S. The third-order valence-corrected chi connectivity index (χ3v) is 4.43. The van der Waals surface area contributed by atoms with Gasteiger partial charge in [-0.2, -0.15) is 0 Å². The minimum Gasteiger partial charge on any atom is -0.388 e. The number of anilines is 1. The Hall–Kier alpha value is -2.02. The minimum atomic E-state index is -0.764. The summed E-state index contributed by atoms with van der Waals surface area (Å²) >= 11 is 7.42. The second-order valence-corrected chi connectivity index (χ2v) is 6.62. The normalized spacial score (nSPS) is 11.6. The number of thioether (sulfide) groups is 1. The Kier molecular flexibility index (Phi) is 7.31. The average molecular weight is 379 g/mol. The summed E-state index contributed by atoms with van der Waals surface area (Å²) in [6, 6.07) is 14.1. The second-order valence-electron chi connectivity index (χ2n) is 5.30. The Labute approximate surface area is 155 Å². The molecule has 0 aliphatic rings. The van der Waals surface area contributed by atoms with E-state index in [0.717, 1.165) is 4.90 Å². The van der Waals surface area contributed by atoms with Gasteiger partial charge in [0.15, 0.2) is 0 Å². The lowest BCUT2D eigenvalue weighted by Crippen LogP contribution is -2.36. The average Bonchev–Trinajstić information content (AvgIpc) is 2.61. The number of aliphatic hydroxyl groups is 1. The number of hydrogen-bond acceptors (Lipinski definition) is 4. The zero-order valence-electron chi connectivity index (χ0n) is 13.7. The molecule has 2 aromatic carbocycles. The quantitative estimate of drug-likeness (QED) is 0.532. The van der Waals surface area contributed by atoms with Gasteiger partial charge in [-0.25, -0.2) is 0 Å². The monoisotopic (exact) mass is 378 g/mol. The highest BCUT2D eigenvalue weighted by Gasteiger charge is 2.15. The lowest BCUT2D eigenvalue weighted by molar-refractivity contribution is -0.136. The van der Waals surface area contributed by atoms with Crippen LogP contribution in [0, 0.1) is 0 Å². The van der Waals surface area contributed by atoms with Crippen molar-refractivity contribution in [1.82, 2.24) is 5.32 Å². The van der Waals surface area contributed by atoms with E-state index in [4.69, 9.17) is 11.6 Å². The van der Waals surface area contributed by atoms with Crippen molar-refractivity contribution in [3.63, 3.8) is 0 Å². The van der Waals surface area contributed by atoms with E-state index in [1.54, 1.807) is 54.2 Å². The Morgan fingerprint density at radius 3 is 2.64 bits per heavy atom. The molecule has 3 N–H and O–H groups in total. The van der Waals surface area contributed by atoms with Crippen molar-refractivity contribution in [3.05, 3.63) is 59.1 Å². The molecule has 0 bridgehead atoms. The maximum Gasteiger partial charge on any atom is 0.313 e. The van der Waals surface area contributed by atoms with E-state index in [1.807, 2.05) is 12.3 Å². The largest absolute Gasteiger partial charge is 0.388 e. The number of aliphatic hydroxyl groups excluding tert-OH is 1. The van der Waals surface area contributed by atoms with Crippen LogP contribution < -0.4 is 10.6 Å². The van der Waals surface area contributed by atoms with Crippen LogP contribution in [0.1, 0.15) is 18.1 Å². The first-order valence-electron chi connectivity index (χ1n) is 7.66. The highest BCUT2D eigenvalue weighted by Crippen LogP contribution is 2.20. The number of nitrogens with one attached hydrogen (secondary N) is 2. The highest BCUT2D eigenvalue weighted by atomic mass is 35.5. The number of halogens is 1. The lowest BCUT2D eigenvalue weighted by Gasteiger charge is -2.12. The second kappa shape index (κ2) is 9.46.